The molecule has 0 atom stereocenters. The van der Waals surface area contributed by atoms with Crippen LogP contribution in [0.4, 0.5) is 0 Å². The summed E-state index contributed by atoms with van der Waals surface area (Å²) in [7, 11) is 0. The molecule has 0 saturated carbocycles. The van der Waals surface area contributed by atoms with Gasteiger partial charge in [-0.15, -0.1) is 0 Å². The molecule has 0 aromatic heterocycles. The second-order valence-electron chi connectivity index (χ2n) is 4.23. The van der Waals surface area contributed by atoms with Crippen molar-refractivity contribution in [2.24, 2.45) is 0 Å². The van der Waals surface area contributed by atoms with Crippen molar-refractivity contribution in [2.45, 2.75) is 13.5 Å². The molecule has 0 spiro atoms. The number of benzene rings is 2. The number of hydrogen-bond donors (Lipinski definition) is 0. The summed E-state index contributed by atoms with van der Waals surface area (Å²) in [4.78, 5) is 11.8. The van der Waals surface area contributed by atoms with Crippen LogP contribution in [0.15, 0.2) is 42.5 Å². The average Bonchev–Trinajstić information content (AvgIpc) is 2.75. The molecule has 0 radical (unpaired) electrons. The Kier molecular flexibility index (Phi) is 2.22. The van der Waals surface area contributed by atoms with Crippen LogP contribution >= 0.6 is 0 Å². The molecular formula is C15H12O2. The number of carbonyl (C=O) groups is 1. The van der Waals surface area contributed by atoms with E-state index in [1.807, 2.05) is 49.4 Å². The lowest BCUT2D eigenvalue weighted by atomic mass is 9.94. The van der Waals surface area contributed by atoms with Gasteiger partial charge in [-0.1, -0.05) is 42.5 Å². The molecule has 1 aliphatic heterocycles. The lowest BCUT2D eigenvalue weighted by Crippen LogP contribution is -1.98. The van der Waals surface area contributed by atoms with E-state index in [1.54, 1.807) is 0 Å². The smallest absolute Gasteiger partial charge is 0.339 e. The lowest BCUT2D eigenvalue weighted by molar-refractivity contribution is 0.0535. The highest BCUT2D eigenvalue weighted by Gasteiger charge is 2.26. The van der Waals surface area contributed by atoms with Gasteiger partial charge in [0, 0.05) is 5.56 Å². The zero-order valence-electron chi connectivity index (χ0n) is 9.57. The van der Waals surface area contributed by atoms with Gasteiger partial charge in [0.1, 0.15) is 6.61 Å². The third kappa shape index (κ3) is 1.53. The summed E-state index contributed by atoms with van der Waals surface area (Å²) < 4.78 is 5.13. The van der Waals surface area contributed by atoms with Crippen LogP contribution in [0.2, 0.25) is 0 Å². The minimum atomic E-state index is -0.206. The average molecular weight is 224 g/mol. The van der Waals surface area contributed by atoms with Crippen LogP contribution in [0.3, 0.4) is 0 Å². The number of ether oxygens (including phenoxy) is 1. The maximum absolute atomic E-state index is 11.8. The van der Waals surface area contributed by atoms with E-state index in [-0.39, 0.29) is 5.97 Å². The van der Waals surface area contributed by atoms with Crippen LogP contribution in [0.25, 0.3) is 11.1 Å². The second-order valence-corrected chi connectivity index (χ2v) is 4.23. The monoisotopic (exact) mass is 224 g/mol. The van der Waals surface area contributed by atoms with Crippen LogP contribution in [0.1, 0.15) is 21.5 Å². The Labute approximate surface area is 99.9 Å². The van der Waals surface area contributed by atoms with Gasteiger partial charge in [0.05, 0.1) is 5.56 Å². The quantitative estimate of drug-likeness (QED) is 0.694. The third-order valence-electron chi connectivity index (χ3n) is 3.18. The Morgan fingerprint density at radius 2 is 1.82 bits per heavy atom. The van der Waals surface area contributed by atoms with Gasteiger partial charge in [0.25, 0.3) is 0 Å². The zero-order valence-corrected chi connectivity index (χ0v) is 9.57. The van der Waals surface area contributed by atoms with Gasteiger partial charge in [0.15, 0.2) is 0 Å². The predicted octanol–water partition coefficient (Wildman–Crippen LogP) is 3.33. The first-order valence-electron chi connectivity index (χ1n) is 5.62. The summed E-state index contributed by atoms with van der Waals surface area (Å²) >= 11 is 0. The molecule has 0 aliphatic carbocycles. The van der Waals surface area contributed by atoms with E-state index in [9.17, 15) is 4.79 Å². The predicted molar refractivity (Wildman–Crippen MR) is 65.7 cm³/mol. The van der Waals surface area contributed by atoms with E-state index in [0.717, 1.165) is 27.8 Å². The molecule has 0 unspecified atom stereocenters. The summed E-state index contributed by atoms with van der Waals surface area (Å²) in [5.74, 6) is -0.206. The van der Waals surface area contributed by atoms with Gasteiger partial charge in [-0.25, -0.2) is 4.79 Å². The van der Waals surface area contributed by atoms with Crippen LogP contribution < -0.4 is 0 Å². The molecule has 0 fully saturated rings. The van der Waals surface area contributed by atoms with E-state index in [1.165, 1.54) is 0 Å². The highest BCUT2D eigenvalue weighted by atomic mass is 16.5. The molecule has 1 aliphatic rings. The second kappa shape index (κ2) is 3.74. The molecule has 0 N–H and O–H groups in total. The van der Waals surface area contributed by atoms with Crippen molar-refractivity contribution in [3.05, 3.63) is 59.2 Å². The standard InChI is InChI=1S/C15H12O2/c1-10-7-8-12(11-5-3-2-4-6-11)14-13(10)9-17-15(14)16/h2-8H,9H2,1H3. The van der Waals surface area contributed by atoms with Crippen LogP contribution in [-0.2, 0) is 11.3 Å². The summed E-state index contributed by atoms with van der Waals surface area (Å²) in [5, 5.41) is 0. The zero-order chi connectivity index (χ0) is 11.8. The summed E-state index contributed by atoms with van der Waals surface area (Å²) in [6.07, 6.45) is 0. The molecular weight excluding hydrogens is 212 g/mol. The van der Waals surface area contributed by atoms with E-state index < -0.39 is 0 Å². The highest BCUT2D eigenvalue weighted by molar-refractivity contribution is 6.01. The molecule has 0 saturated heterocycles. The maximum atomic E-state index is 11.8. The number of carbonyl (C=O) groups excluding carboxylic acids is 1. The van der Waals surface area contributed by atoms with Gasteiger partial charge >= 0.3 is 5.97 Å². The summed E-state index contributed by atoms with van der Waals surface area (Å²) in [6, 6.07) is 14.0. The number of cyclic esters (lactones) is 1. The van der Waals surface area contributed by atoms with Crippen molar-refractivity contribution in [1.82, 2.24) is 0 Å². The number of fused-ring (bicyclic) bond motifs is 1. The van der Waals surface area contributed by atoms with Gasteiger partial charge in [-0.05, 0) is 23.6 Å². The first-order chi connectivity index (χ1) is 8.27. The molecule has 17 heavy (non-hydrogen) atoms. The Morgan fingerprint density at radius 3 is 2.59 bits per heavy atom. The number of aryl methyl sites for hydroxylation is 1. The van der Waals surface area contributed by atoms with Crippen molar-refractivity contribution in [3.8, 4) is 11.1 Å². The number of hydrogen-bond acceptors (Lipinski definition) is 2. The van der Waals surface area contributed by atoms with Crippen LogP contribution in [-0.4, -0.2) is 5.97 Å². The number of rotatable bonds is 1. The fraction of sp³-hybridized carbons (Fsp3) is 0.133. The molecule has 2 heteroatoms. The van der Waals surface area contributed by atoms with E-state index >= 15 is 0 Å². The van der Waals surface area contributed by atoms with E-state index in [0.29, 0.717) is 6.61 Å². The largest absolute Gasteiger partial charge is 0.457 e. The minimum Gasteiger partial charge on any atom is -0.457 e. The molecule has 3 rings (SSSR count). The van der Waals surface area contributed by atoms with Crippen LogP contribution in [0.5, 0.6) is 0 Å². The fourth-order valence-electron chi connectivity index (χ4n) is 2.24. The van der Waals surface area contributed by atoms with Crippen molar-refractivity contribution in [2.75, 3.05) is 0 Å². The SMILES string of the molecule is Cc1ccc(-c2ccccc2)c2c1COC2=O. The molecule has 84 valence electrons. The molecule has 2 nitrogen and oxygen atoms in total. The highest BCUT2D eigenvalue weighted by Crippen LogP contribution is 2.33. The number of esters is 1. The van der Waals surface area contributed by atoms with Gasteiger partial charge < -0.3 is 4.74 Å². The lowest BCUT2D eigenvalue weighted by Gasteiger charge is -2.07. The van der Waals surface area contributed by atoms with Crippen LogP contribution in [0, 0.1) is 6.92 Å². The maximum Gasteiger partial charge on any atom is 0.339 e. The third-order valence-corrected chi connectivity index (χ3v) is 3.18. The first kappa shape index (κ1) is 10.1. The Hall–Kier alpha value is -2.09. The Bertz CT molecular complexity index is 585. The topological polar surface area (TPSA) is 26.3 Å². The Balaban J connectivity index is 2.26. The molecule has 0 amide bonds. The normalized spacial score (nSPS) is 13.4. The minimum absolute atomic E-state index is 0.206. The van der Waals surface area contributed by atoms with Gasteiger partial charge in [-0.2, -0.15) is 0 Å². The van der Waals surface area contributed by atoms with Crippen molar-refractivity contribution in [3.63, 3.8) is 0 Å². The summed E-state index contributed by atoms with van der Waals surface area (Å²) in [5.41, 5.74) is 4.90. The molecule has 0 bridgehead atoms. The first-order valence-corrected chi connectivity index (χ1v) is 5.62. The van der Waals surface area contributed by atoms with E-state index in [4.69, 9.17) is 4.74 Å². The van der Waals surface area contributed by atoms with Gasteiger partial charge in [0.2, 0.25) is 0 Å². The van der Waals surface area contributed by atoms with Crippen molar-refractivity contribution >= 4 is 5.97 Å². The fourth-order valence-corrected chi connectivity index (χ4v) is 2.24. The van der Waals surface area contributed by atoms with Gasteiger partial charge in [-0.3, -0.25) is 0 Å². The summed E-state index contributed by atoms with van der Waals surface area (Å²) in [6.45, 7) is 2.41. The van der Waals surface area contributed by atoms with E-state index in [2.05, 4.69) is 0 Å². The van der Waals surface area contributed by atoms with Crippen molar-refractivity contribution in [1.29, 1.82) is 0 Å². The molecule has 2 aromatic carbocycles. The Morgan fingerprint density at radius 1 is 1.06 bits per heavy atom. The molecule has 1 heterocycles. The van der Waals surface area contributed by atoms with Crippen molar-refractivity contribution < 1.29 is 9.53 Å². The molecule has 2 aromatic rings.